The van der Waals surface area contributed by atoms with Crippen molar-refractivity contribution >= 4 is 11.9 Å². The molecule has 5 nitrogen and oxygen atoms in total. The topological polar surface area (TPSA) is 70.2 Å². The molecule has 0 aliphatic carbocycles. The average molecular weight is 670 g/mol. The van der Waals surface area contributed by atoms with E-state index in [1.165, 1.54) is 13.0 Å². The molecule has 0 aliphatic heterocycles. The van der Waals surface area contributed by atoms with Crippen molar-refractivity contribution in [3.05, 3.63) is 130 Å². The van der Waals surface area contributed by atoms with Gasteiger partial charge < -0.3 is 16.0 Å². The first kappa shape index (κ1) is 36.0. The minimum absolute atomic E-state index is 0.0129. The zero-order valence-electron chi connectivity index (χ0n) is 26.7. The standard InChI is InChI=1S/C37H37F6N3O2/c1-4-33(46-35(48)44-22-26-13-9-6-10-14-26)32-21-29(36(38,39)40)15-16-31(32)28-18-27(19-30(20-28)37(41,42)43)24(3)34(47)45-23(2)17-25-11-7-5-8-12-25/h5-16,18-21,23-24,33H,4,17,22H2,1-3H3,(H,45,47)(H2,44,46,48)/t23-,24?,33?/m1/s1. The van der Waals surface area contributed by atoms with Crippen molar-refractivity contribution in [3.63, 3.8) is 0 Å². The van der Waals surface area contributed by atoms with Crippen molar-refractivity contribution in [2.75, 3.05) is 0 Å². The van der Waals surface area contributed by atoms with E-state index in [0.717, 1.165) is 41.5 Å². The Labute approximate surface area is 275 Å². The van der Waals surface area contributed by atoms with Crippen molar-refractivity contribution < 1.29 is 35.9 Å². The third kappa shape index (κ3) is 9.62. The summed E-state index contributed by atoms with van der Waals surface area (Å²) < 4.78 is 84.2. The predicted octanol–water partition coefficient (Wildman–Crippen LogP) is 9.19. The number of hydrogen-bond donors (Lipinski definition) is 3. The summed E-state index contributed by atoms with van der Waals surface area (Å²) in [5, 5.41) is 8.20. The van der Waals surface area contributed by atoms with Crippen molar-refractivity contribution in [1.29, 1.82) is 0 Å². The monoisotopic (exact) mass is 669 g/mol. The molecular formula is C37H37F6N3O2. The van der Waals surface area contributed by atoms with Gasteiger partial charge in [0.2, 0.25) is 5.91 Å². The maximum Gasteiger partial charge on any atom is 0.416 e. The Balaban J connectivity index is 1.69. The first-order chi connectivity index (χ1) is 22.7. The summed E-state index contributed by atoms with van der Waals surface area (Å²) in [6.45, 7) is 5.06. The zero-order chi connectivity index (χ0) is 35.1. The Morgan fingerprint density at radius 3 is 1.90 bits per heavy atom. The van der Waals surface area contributed by atoms with Crippen LogP contribution in [-0.4, -0.2) is 18.0 Å². The minimum Gasteiger partial charge on any atom is -0.353 e. The summed E-state index contributed by atoms with van der Waals surface area (Å²) in [5.74, 6) is -1.52. The quantitative estimate of drug-likeness (QED) is 0.139. The molecule has 0 aromatic heterocycles. The van der Waals surface area contributed by atoms with E-state index in [9.17, 15) is 35.9 Å². The fourth-order valence-corrected chi connectivity index (χ4v) is 5.44. The van der Waals surface area contributed by atoms with Crippen LogP contribution in [0.4, 0.5) is 31.1 Å². The van der Waals surface area contributed by atoms with Crippen LogP contribution in [0.1, 0.15) is 72.5 Å². The lowest BCUT2D eigenvalue weighted by molar-refractivity contribution is -0.138. The van der Waals surface area contributed by atoms with E-state index in [1.807, 2.05) is 36.4 Å². The van der Waals surface area contributed by atoms with E-state index in [2.05, 4.69) is 16.0 Å². The second kappa shape index (κ2) is 15.4. The molecule has 0 spiro atoms. The Kier molecular flexibility index (Phi) is 11.6. The first-order valence-corrected chi connectivity index (χ1v) is 15.5. The van der Waals surface area contributed by atoms with E-state index >= 15 is 0 Å². The fraction of sp³-hybridized carbons (Fsp3) is 0.297. The van der Waals surface area contributed by atoms with Crippen LogP contribution in [0.2, 0.25) is 0 Å². The number of alkyl halides is 6. The van der Waals surface area contributed by atoms with Crippen LogP contribution in [0, 0.1) is 0 Å². The summed E-state index contributed by atoms with van der Waals surface area (Å²) in [4.78, 5) is 26.1. The highest BCUT2D eigenvalue weighted by Gasteiger charge is 2.35. The molecule has 0 bridgehead atoms. The summed E-state index contributed by atoms with van der Waals surface area (Å²) in [6.07, 6.45) is -8.92. The number of rotatable bonds is 11. The average Bonchev–Trinajstić information content (AvgIpc) is 3.05. The Morgan fingerprint density at radius 1 is 0.708 bits per heavy atom. The van der Waals surface area contributed by atoms with Crippen molar-refractivity contribution in [1.82, 2.24) is 16.0 Å². The molecule has 0 saturated carbocycles. The van der Waals surface area contributed by atoms with E-state index in [-0.39, 0.29) is 41.3 Å². The Hall–Kier alpha value is -4.80. The molecule has 11 heteroatoms. The van der Waals surface area contributed by atoms with Crippen molar-refractivity contribution in [3.8, 4) is 11.1 Å². The molecule has 3 N–H and O–H groups in total. The molecule has 0 aliphatic rings. The van der Waals surface area contributed by atoms with Crippen LogP contribution < -0.4 is 16.0 Å². The number of amides is 3. The van der Waals surface area contributed by atoms with Crippen LogP contribution in [-0.2, 0) is 30.1 Å². The summed E-state index contributed by atoms with van der Waals surface area (Å²) >= 11 is 0. The van der Waals surface area contributed by atoms with Gasteiger partial charge in [0, 0.05) is 12.6 Å². The van der Waals surface area contributed by atoms with E-state index in [1.54, 1.807) is 38.1 Å². The van der Waals surface area contributed by atoms with Gasteiger partial charge in [0.05, 0.1) is 23.1 Å². The fourth-order valence-electron chi connectivity index (χ4n) is 5.44. The molecule has 0 fully saturated rings. The highest BCUT2D eigenvalue weighted by atomic mass is 19.4. The number of benzene rings is 4. The number of hydrogen-bond acceptors (Lipinski definition) is 2. The molecule has 4 aromatic carbocycles. The molecule has 3 amide bonds. The molecule has 0 radical (unpaired) electrons. The van der Waals surface area contributed by atoms with Gasteiger partial charge in [0.15, 0.2) is 0 Å². The van der Waals surface area contributed by atoms with E-state index < -0.39 is 47.4 Å². The molecule has 3 atom stereocenters. The second-order valence-electron chi connectivity index (χ2n) is 11.7. The smallest absolute Gasteiger partial charge is 0.353 e. The molecular weight excluding hydrogens is 632 g/mol. The van der Waals surface area contributed by atoms with Crippen molar-refractivity contribution in [2.45, 2.75) is 70.5 Å². The number of nitrogens with one attached hydrogen (secondary N) is 3. The lowest BCUT2D eigenvalue weighted by Crippen LogP contribution is -2.37. The molecule has 2 unspecified atom stereocenters. The maximum absolute atomic E-state index is 14.2. The Morgan fingerprint density at radius 2 is 1.31 bits per heavy atom. The number of carbonyl (C=O) groups is 2. The largest absolute Gasteiger partial charge is 0.416 e. The zero-order valence-corrected chi connectivity index (χ0v) is 26.7. The van der Waals surface area contributed by atoms with Gasteiger partial charge in [-0.1, -0.05) is 79.7 Å². The highest BCUT2D eigenvalue weighted by molar-refractivity contribution is 5.84. The summed E-state index contributed by atoms with van der Waals surface area (Å²) in [6, 6.07) is 22.3. The number of halogens is 6. The van der Waals surface area contributed by atoms with Gasteiger partial charge in [-0.3, -0.25) is 4.79 Å². The maximum atomic E-state index is 14.2. The minimum atomic E-state index is -4.81. The molecule has 4 rings (SSSR count). The van der Waals surface area contributed by atoms with Crippen molar-refractivity contribution in [2.24, 2.45) is 0 Å². The lowest BCUT2D eigenvalue weighted by atomic mass is 9.88. The van der Waals surface area contributed by atoms with Crippen LogP contribution in [0.25, 0.3) is 11.1 Å². The van der Waals surface area contributed by atoms with Gasteiger partial charge in [-0.15, -0.1) is 0 Å². The van der Waals surface area contributed by atoms with Crippen LogP contribution in [0.15, 0.2) is 97.1 Å². The third-order valence-corrected chi connectivity index (χ3v) is 8.02. The van der Waals surface area contributed by atoms with Gasteiger partial charge in [0.25, 0.3) is 0 Å². The lowest BCUT2D eigenvalue weighted by Gasteiger charge is -2.24. The predicted molar refractivity (Wildman–Crippen MR) is 173 cm³/mol. The normalized spacial score (nSPS) is 13.7. The van der Waals surface area contributed by atoms with Gasteiger partial charge in [-0.2, -0.15) is 26.3 Å². The van der Waals surface area contributed by atoms with E-state index in [0.29, 0.717) is 6.42 Å². The molecule has 254 valence electrons. The summed E-state index contributed by atoms with van der Waals surface area (Å²) in [5.41, 5.74) is -0.247. The van der Waals surface area contributed by atoms with Crippen LogP contribution >= 0.6 is 0 Å². The summed E-state index contributed by atoms with van der Waals surface area (Å²) in [7, 11) is 0. The Bertz CT molecular complexity index is 1690. The highest BCUT2D eigenvalue weighted by Crippen LogP contribution is 2.40. The molecule has 48 heavy (non-hydrogen) atoms. The first-order valence-electron chi connectivity index (χ1n) is 15.5. The third-order valence-electron chi connectivity index (χ3n) is 8.02. The SMILES string of the molecule is CCC(NC(=O)NCc1ccccc1)c1cc(C(F)(F)F)ccc1-c1cc(C(C)C(=O)N[C@H](C)Cc2ccccc2)cc(C(F)(F)F)c1. The van der Waals surface area contributed by atoms with Gasteiger partial charge >= 0.3 is 18.4 Å². The number of urea groups is 1. The molecule has 4 aromatic rings. The van der Waals surface area contributed by atoms with Gasteiger partial charge in [-0.05, 0) is 84.3 Å². The molecule has 0 heterocycles. The van der Waals surface area contributed by atoms with Gasteiger partial charge in [-0.25, -0.2) is 4.79 Å². The van der Waals surface area contributed by atoms with E-state index in [4.69, 9.17) is 0 Å². The van der Waals surface area contributed by atoms with Crippen LogP contribution in [0.3, 0.4) is 0 Å². The van der Waals surface area contributed by atoms with Gasteiger partial charge in [0.1, 0.15) is 0 Å². The number of carbonyl (C=O) groups excluding carboxylic acids is 2. The second-order valence-corrected chi connectivity index (χ2v) is 11.7. The van der Waals surface area contributed by atoms with Crippen LogP contribution in [0.5, 0.6) is 0 Å². The molecule has 0 saturated heterocycles.